The maximum Gasteiger partial charge on any atom is 0.163 e. The molecule has 1 aliphatic heterocycles. The largest absolute Gasteiger partial charge is 0.491 e. The molecule has 1 aliphatic rings. The summed E-state index contributed by atoms with van der Waals surface area (Å²) in [7, 11) is 0. The Balaban J connectivity index is 1.94. The molecule has 0 amide bonds. The van der Waals surface area contributed by atoms with Crippen LogP contribution in [0.3, 0.4) is 0 Å². The Labute approximate surface area is 133 Å². The highest BCUT2D eigenvalue weighted by Crippen LogP contribution is 2.28. The highest BCUT2D eigenvalue weighted by atomic mass is 16.7. The van der Waals surface area contributed by atoms with E-state index in [-0.39, 0.29) is 18.3 Å². The lowest BCUT2D eigenvalue weighted by molar-refractivity contribution is -0.149. The molecule has 0 spiro atoms. The van der Waals surface area contributed by atoms with E-state index in [2.05, 4.69) is 20.8 Å². The van der Waals surface area contributed by atoms with E-state index in [1.807, 2.05) is 38.1 Å². The molecule has 0 saturated carbocycles. The van der Waals surface area contributed by atoms with Crippen molar-refractivity contribution >= 4 is 0 Å². The van der Waals surface area contributed by atoms with Crippen LogP contribution in [0.15, 0.2) is 24.3 Å². The third-order valence-corrected chi connectivity index (χ3v) is 3.87. The molecule has 1 fully saturated rings. The molecule has 124 valence electrons. The molecule has 0 aromatic heterocycles. The number of benzene rings is 1. The Morgan fingerprint density at radius 2 is 1.68 bits per heavy atom. The van der Waals surface area contributed by atoms with Gasteiger partial charge in [0.1, 0.15) is 23.7 Å². The quantitative estimate of drug-likeness (QED) is 0.757. The van der Waals surface area contributed by atoms with E-state index in [0.29, 0.717) is 6.61 Å². The molecule has 4 heteroatoms. The van der Waals surface area contributed by atoms with E-state index in [9.17, 15) is 0 Å². The molecule has 0 aliphatic carbocycles. The van der Waals surface area contributed by atoms with Gasteiger partial charge in [0.25, 0.3) is 0 Å². The summed E-state index contributed by atoms with van der Waals surface area (Å²) < 4.78 is 23.4. The molecule has 0 radical (unpaired) electrons. The second-order valence-corrected chi connectivity index (χ2v) is 6.24. The van der Waals surface area contributed by atoms with Crippen LogP contribution in [0.5, 0.6) is 11.5 Å². The van der Waals surface area contributed by atoms with E-state index in [4.69, 9.17) is 18.9 Å². The van der Waals surface area contributed by atoms with Gasteiger partial charge in [-0.2, -0.15) is 0 Å². The summed E-state index contributed by atoms with van der Waals surface area (Å²) in [6, 6.07) is 7.79. The minimum atomic E-state index is -0.518. The van der Waals surface area contributed by atoms with E-state index >= 15 is 0 Å². The average molecular weight is 308 g/mol. The SMILES string of the molecule is CCC(C)Oc1ccc(OC(CC)C2COC(C)(C)O2)cc1. The lowest BCUT2D eigenvalue weighted by atomic mass is 10.1. The summed E-state index contributed by atoms with van der Waals surface area (Å²) in [4.78, 5) is 0. The summed E-state index contributed by atoms with van der Waals surface area (Å²) in [5.74, 6) is 1.18. The summed E-state index contributed by atoms with van der Waals surface area (Å²) >= 11 is 0. The van der Waals surface area contributed by atoms with Crippen molar-refractivity contribution in [3.8, 4) is 11.5 Å². The zero-order valence-corrected chi connectivity index (χ0v) is 14.3. The van der Waals surface area contributed by atoms with Gasteiger partial charge < -0.3 is 18.9 Å². The Kier molecular flexibility index (Phi) is 5.70. The van der Waals surface area contributed by atoms with Crippen LogP contribution in [-0.4, -0.2) is 30.7 Å². The minimum absolute atomic E-state index is 0.0110. The highest BCUT2D eigenvalue weighted by molar-refractivity contribution is 5.31. The van der Waals surface area contributed by atoms with Gasteiger partial charge in [0, 0.05) is 0 Å². The number of ether oxygens (including phenoxy) is 4. The summed E-state index contributed by atoms with van der Waals surface area (Å²) in [5, 5.41) is 0. The second-order valence-electron chi connectivity index (χ2n) is 6.24. The first-order valence-corrected chi connectivity index (χ1v) is 8.18. The molecule has 3 unspecified atom stereocenters. The topological polar surface area (TPSA) is 36.9 Å². The predicted octanol–water partition coefficient (Wildman–Crippen LogP) is 4.17. The van der Waals surface area contributed by atoms with Gasteiger partial charge in [0.2, 0.25) is 0 Å². The summed E-state index contributed by atoms with van der Waals surface area (Å²) in [6.07, 6.45) is 2.04. The van der Waals surface area contributed by atoms with Gasteiger partial charge in [0.15, 0.2) is 5.79 Å². The van der Waals surface area contributed by atoms with E-state index in [0.717, 1.165) is 24.3 Å². The van der Waals surface area contributed by atoms with Crippen LogP contribution in [0.1, 0.15) is 47.5 Å². The van der Waals surface area contributed by atoms with Crippen LogP contribution in [0.4, 0.5) is 0 Å². The molecule has 1 aromatic carbocycles. The molecule has 0 N–H and O–H groups in total. The van der Waals surface area contributed by atoms with Crippen LogP contribution >= 0.6 is 0 Å². The molecule has 1 aromatic rings. The average Bonchev–Trinajstić information content (AvgIpc) is 2.86. The predicted molar refractivity (Wildman–Crippen MR) is 86.4 cm³/mol. The fourth-order valence-corrected chi connectivity index (χ4v) is 2.41. The van der Waals surface area contributed by atoms with Gasteiger partial charge in [0.05, 0.1) is 12.7 Å². The smallest absolute Gasteiger partial charge is 0.163 e. The normalized spacial score (nSPS) is 23.0. The van der Waals surface area contributed by atoms with Crippen molar-refractivity contribution in [2.24, 2.45) is 0 Å². The van der Waals surface area contributed by atoms with Crippen LogP contribution in [-0.2, 0) is 9.47 Å². The van der Waals surface area contributed by atoms with Gasteiger partial charge in [-0.25, -0.2) is 0 Å². The standard InChI is InChI=1S/C18H28O4/c1-6-13(3)20-14-8-10-15(11-9-14)21-16(7-2)17-12-19-18(4,5)22-17/h8-11,13,16-17H,6-7,12H2,1-5H3. The molecule has 3 atom stereocenters. The maximum atomic E-state index is 6.07. The van der Waals surface area contributed by atoms with Crippen molar-refractivity contribution in [3.63, 3.8) is 0 Å². The first-order valence-electron chi connectivity index (χ1n) is 8.18. The third kappa shape index (κ3) is 4.62. The molecule has 4 nitrogen and oxygen atoms in total. The molecule has 2 rings (SSSR count). The van der Waals surface area contributed by atoms with Crippen LogP contribution in [0.25, 0.3) is 0 Å². The van der Waals surface area contributed by atoms with E-state index in [1.165, 1.54) is 0 Å². The maximum absolute atomic E-state index is 6.07. The first-order chi connectivity index (χ1) is 10.4. The Bertz CT molecular complexity index is 455. The summed E-state index contributed by atoms with van der Waals surface area (Å²) in [5.41, 5.74) is 0. The fraction of sp³-hybridized carbons (Fsp3) is 0.667. The molecule has 1 heterocycles. The second kappa shape index (κ2) is 7.34. The lowest BCUT2D eigenvalue weighted by Crippen LogP contribution is -2.34. The van der Waals surface area contributed by atoms with Crippen LogP contribution in [0, 0.1) is 0 Å². The van der Waals surface area contributed by atoms with E-state index in [1.54, 1.807) is 0 Å². The number of rotatable bonds is 7. The van der Waals surface area contributed by atoms with Gasteiger partial charge in [-0.3, -0.25) is 0 Å². The molecular weight excluding hydrogens is 280 g/mol. The zero-order valence-electron chi connectivity index (χ0n) is 14.3. The fourth-order valence-electron chi connectivity index (χ4n) is 2.41. The van der Waals surface area contributed by atoms with Crippen molar-refractivity contribution in [3.05, 3.63) is 24.3 Å². The third-order valence-electron chi connectivity index (χ3n) is 3.87. The van der Waals surface area contributed by atoms with Gasteiger partial charge in [-0.15, -0.1) is 0 Å². The Hall–Kier alpha value is -1.26. The monoisotopic (exact) mass is 308 g/mol. The summed E-state index contributed by atoms with van der Waals surface area (Å²) in [6.45, 7) is 10.7. The number of hydrogen-bond donors (Lipinski definition) is 0. The van der Waals surface area contributed by atoms with Crippen molar-refractivity contribution in [1.82, 2.24) is 0 Å². The van der Waals surface area contributed by atoms with Crippen molar-refractivity contribution in [2.75, 3.05) is 6.61 Å². The minimum Gasteiger partial charge on any atom is -0.491 e. The van der Waals surface area contributed by atoms with E-state index < -0.39 is 5.79 Å². The first kappa shape index (κ1) is 17.1. The lowest BCUT2D eigenvalue weighted by Gasteiger charge is -2.24. The molecular formula is C18H28O4. The van der Waals surface area contributed by atoms with Crippen molar-refractivity contribution < 1.29 is 18.9 Å². The van der Waals surface area contributed by atoms with Gasteiger partial charge in [-0.05, 0) is 57.9 Å². The Morgan fingerprint density at radius 3 is 2.14 bits per heavy atom. The van der Waals surface area contributed by atoms with Crippen molar-refractivity contribution in [1.29, 1.82) is 0 Å². The molecule has 22 heavy (non-hydrogen) atoms. The zero-order chi connectivity index (χ0) is 16.2. The van der Waals surface area contributed by atoms with Crippen LogP contribution in [0.2, 0.25) is 0 Å². The number of hydrogen-bond acceptors (Lipinski definition) is 4. The van der Waals surface area contributed by atoms with Crippen molar-refractivity contribution in [2.45, 2.75) is 71.6 Å². The molecule has 1 saturated heterocycles. The molecule has 0 bridgehead atoms. The van der Waals surface area contributed by atoms with Gasteiger partial charge >= 0.3 is 0 Å². The Morgan fingerprint density at radius 1 is 1.09 bits per heavy atom. The van der Waals surface area contributed by atoms with Gasteiger partial charge in [-0.1, -0.05) is 13.8 Å². The highest BCUT2D eigenvalue weighted by Gasteiger charge is 2.37. The van der Waals surface area contributed by atoms with Crippen LogP contribution < -0.4 is 9.47 Å².